The minimum absolute atomic E-state index is 0.0323. The predicted molar refractivity (Wildman–Crippen MR) is 90.9 cm³/mol. The van der Waals surface area contributed by atoms with E-state index in [-0.39, 0.29) is 28.4 Å². The molecule has 134 valence electrons. The second-order valence-corrected chi connectivity index (χ2v) is 7.34. The SMILES string of the molecule is Cn1cc(S(C)(=O)=O)c(/C=C\CN)c1C(=O)Nc1ccc(F)c(F)c1. The molecule has 1 aromatic heterocycles. The molecule has 1 amide bonds. The molecule has 0 bridgehead atoms. The van der Waals surface area contributed by atoms with Crippen LogP contribution in [0.4, 0.5) is 14.5 Å². The molecule has 0 aliphatic carbocycles. The first-order chi connectivity index (χ1) is 11.6. The molecule has 0 aliphatic rings. The standard InChI is InChI=1S/C16H17F2N3O3S/c1-21-9-14(25(2,23)24)11(4-3-7-19)15(21)16(22)20-10-5-6-12(17)13(18)8-10/h3-6,8-9H,7,19H2,1-2H3,(H,20,22)/b4-3-. The minimum Gasteiger partial charge on any atom is -0.345 e. The fourth-order valence-corrected chi connectivity index (χ4v) is 3.22. The van der Waals surface area contributed by atoms with E-state index >= 15 is 0 Å². The quantitative estimate of drug-likeness (QED) is 0.842. The van der Waals surface area contributed by atoms with Gasteiger partial charge in [-0.05, 0) is 12.1 Å². The summed E-state index contributed by atoms with van der Waals surface area (Å²) in [5, 5.41) is 2.42. The van der Waals surface area contributed by atoms with Crippen LogP contribution in [0.25, 0.3) is 6.08 Å². The number of rotatable bonds is 5. The van der Waals surface area contributed by atoms with E-state index in [1.165, 1.54) is 36.0 Å². The molecule has 2 aromatic rings. The highest BCUT2D eigenvalue weighted by Crippen LogP contribution is 2.25. The maximum absolute atomic E-state index is 13.3. The molecular formula is C16H17F2N3O3S. The Morgan fingerprint density at radius 1 is 1.32 bits per heavy atom. The van der Waals surface area contributed by atoms with E-state index in [9.17, 15) is 22.0 Å². The second-order valence-electron chi connectivity index (χ2n) is 5.36. The first-order valence-electron chi connectivity index (χ1n) is 7.17. The van der Waals surface area contributed by atoms with E-state index in [0.29, 0.717) is 0 Å². The molecule has 1 heterocycles. The lowest BCUT2D eigenvalue weighted by Gasteiger charge is -2.08. The Balaban J connectivity index is 2.49. The lowest BCUT2D eigenvalue weighted by Crippen LogP contribution is -2.17. The van der Waals surface area contributed by atoms with Crippen LogP contribution >= 0.6 is 0 Å². The molecule has 0 saturated heterocycles. The van der Waals surface area contributed by atoms with Crippen molar-refractivity contribution in [3.8, 4) is 0 Å². The molecular weight excluding hydrogens is 352 g/mol. The maximum Gasteiger partial charge on any atom is 0.272 e. The average Bonchev–Trinajstić information content (AvgIpc) is 2.85. The number of aromatic nitrogens is 1. The molecule has 2 rings (SSSR count). The molecule has 0 radical (unpaired) electrons. The van der Waals surface area contributed by atoms with E-state index < -0.39 is 27.4 Å². The Kier molecular flexibility index (Phi) is 5.39. The third kappa shape index (κ3) is 4.12. The van der Waals surface area contributed by atoms with Crippen molar-refractivity contribution < 1.29 is 22.0 Å². The molecule has 3 N–H and O–H groups in total. The van der Waals surface area contributed by atoms with E-state index in [4.69, 9.17) is 5.73 Å². The van der Waals surface area contributed by atoms with Gasteiger partial charge >= 0.3 is 0 Å². The van der Waals surface area contributed by atoms with Crippen molar-refractivity contribution in [1.29, 1.82) is 0 Å². The van der Waals surface area contributed by atoms with Crippen LogP contribution in [-0.4, -0.2) is 31.7 Å². The highest BCUT2D eigenvalue weighted by Gasteiger charge is 2.24. The van der Waals surface area contributed by atoms with Gasteiger partial charge in [0.05, 0.1) is 4.90 Å². The van der Waals surface area contributed by atoms with Crippen molar-refractivity contribution >= 4 is 27.5 Å². The monoisotopic (exact) mass is 369 g/mol. The van der Waals surface area contributed by atoms with Crippen LogP contribution in [0.1, 0.15) is 16.1 Å². The van der Waals surface area contributed by atoms with Crippen molar-refractivity contribution in [2.45, 2.75) is 4.90 Å². The first-order valence-corrected chi connectivity index (χ1v) is 9.06. The summed E-state index contributed by atoms with van der Waals surface area (Å²) in [5.74, 6) is -2.81. The lowest BCUT2D eigenvalue weighted by molar-refractivity contribution is 0.101. The van der Waals surface area contributed by atoms with Crippen LogP contribution in [0.15, 0.2) is 35.4 Å². The number of hydrogen-bond acceptors (Lipinski definition) is 4. The van der Waals surface area contributed by atoms with E-state index in [1.807, 2.05) is 0 Å². The van der Waals surface area contributed by atoms with E-state index in [1.54, 1.807) is 0 Å². The number of anilines is 1. The van der Waals surface area contributed by atoms with Gasteiger partial charge in [0, 0.05) is 43.4 Å². The third-order valence-corrected chi connectivity index (χ3v) is 4.52. The molecule has 0 fully saturated rings. The molecule has 0 spiro atoms. The summed E-state index contributed by atoms with van der Waals surface area (Å²) < 4.78 is 51.5. The number of nitrogens with zero attached hydrogens (tertiary/aromatic N) is 1. The van der Waals surface area contributed by atoms with Crippen molar-refractivity contribution in [1.82, 2.24) is 4.57 Å². The molecule has 9 heteroatoms. The van der Waals surface area contributed by atoms with Crippen LogP contribution in [-0.2, 0) is 16.9 Å². The summed E-state index contributed by atoms with van der Waals surface area (Å²) >= 11 is 0. The highest BCUT2D eigenvalue weighted by atomic mass is 32.2. The van der Waals surface area contributed by atoms with Crippen LogP contribution < -0.4 is 11.1 Å². The Morgan fingerprint density at radius 3 is 2.56 bits per heavy atom. The van der Waals surface area contributed by atoms with Crippen molar-refractivity contribution in [2.24, 2.45) is 12.8 Å². The molecule has 0 atom stereocenters. The summed E-state index contributed by atoms with van der Waals surface area (Å²) in [6, 6.07) is 2.92. The topological polar surface area (TPSA) is 94.2 Å². The average molecular weight is 369 g/mol. The van der Waals surface area contributed by atoms with Crippen molar-refractivity contribution in [3.05, 3.63) is 53.4 Å². The Labute approximate surface area is 143 Å². The van der Waals surface area contributed by atoms with Gasteiger partial charge in [-0.1, -0.05) is 12.2 Å². The smallest absolute Gasteiger partial charge is 0.272 e. The summed E-state index contributed by atoms with van der Waals surface area (Å²) in [5.41, 5.74) is 5.67. The van der Waals surface area contributed by atoms with Gasteiger partial charge < -0.3 is 15.6 Å². The van der Waals surface area contributed by atoms with Crippen LogP contribution in [0.2, 0.25) is 0 Å². The number of nitrogens with one attached hydrogen (secondary N) is 1. The summed E-state index contributed by atoms with van der Waals surface area (Å²) in [4.78, 5) is 12.5. The normalized spacial score (nSPS) is 11.9. The number of carbonyl (C=O) groups is 1. The lowest BCUT2D eigenvalue weighted by atomic mass is 10.2. The zero-order valence-electron chi connectivity index (χ0n) is 13.6. The predicted octanol–water partition coefficient (Wildman–Crippen LogP) is 1.93. The van der Waals surface area contributed by atoms with E-state index in [2.05, 4.69) is 5.32 Å². The molecule has 0 saturated carbocycles. The minimum atomic E-state index is -3.59. The van der Waals surface area contributed by atoms with Gasteiger partial charge in [0.15, 0.2) is 21.5 Å². The molecule has 25 heavy (non-hydrogen) atoms. The number of nitrogens with two attached hydrogens (primary N) is 1. The Hall–Kier alpha value is -2.52. The zero-order valence-corrected chi connectivity index (χ0v) is 14.4. The molecule has 6 nitrogen and oxygen atoms in total. The number of sulfone groups is 1. The van der Waals surface area contributed by atoms with Gasteiger partial charge in [0.1, 0.15) is 5.69 Å². The molecule has 1 aromatic carbocycles. The largest absolute Gasteiger partial charge is 0.345 e. The highest BCUT2D eigenvalue weighted by molar-refractivity contribution is 7.90. The van der Waals surface area contributed by atoms with Gasteiger partial charge in [0.2, 0.25) is 0 Å². The van der Waals surface area contributed by atoms with Crippen molar-refractivity contribution in [3.63, 3.8) is 0 Å². The van der Waals surface area contributed by atoms with Crippen LogP contribution in [0.3, 0.4) is 0 Å². The molecule has 0 unspecified atom stereocenters. The van der Waals surface area contributed by atoms with Gasteiger partial charge in [0.25, 0.3) is 5.91 Å². The van der Waals surface area contributed by atoms with Crippen molar-refractivity contribution in [2.75, 3.05) is 18.1 Å². The molecule has 0 aliphatic heterocycles. The Morgan fingerprint density at radius 2 is 2.00 bits per heavy atom. The van der Waals surface area contributed by atoms with Crippen LogP contribution in [0.5, 0.6) is 0 Å². The van der Waals surface area contributed by atoms with E-state index in [0.717, 1.165) is 18.4 Å². The number of carbonyl (C=O) groups excluding carboxylic acids is 1. The number of aryl methyl sites for hydroxylation is 1. The van der Waals surface area contributed by atoms with Gasteiger partial charge in [-0.15, -0.1) is 0 Å². The fourth-order valence-electron chi connectivity index (χ4n) is 2.31. The number of amides is 1. The third-order valence-electron chi connectivity index (χ3n) is 3.40. The zero-order chi connectivity index (χ0) is 18.8. The summed E-state index contributed by atoms with van der Waals surface area (Å²) in [6.45, 7) is 0.155. The number of halogens is 2. The Bertz CT molecular complexity index is 950. The van der Waals surface area contributed by atoms with Crippen LogP contribution in [0, 0.1) is 11.6 Å². The second kappa shape index (κ2) is 7.16. The summed E-state index contributed by atoms with van der Waals surface area (Å²) in [7, 11) is -2.08. The van der Waals surface area contributed by atoms with Gasteiger partial charge in [-0.3, -0.25) is 4.79 Å². The van der Waals surface area contributed by atoms with Gasteiger partial charge in [-0.25, -0.2) is 17.2 Å². The first kappa shape index (κ1) is 18.8. The van der Waals surface area contributed by atoms with Gasteiger partial charge in [-0.2, -0.15) is 0 Å². The number of benzene rings is 1. The summed E-state index contributed by atoms with van der Waals surface area (Å²) in [6.07, 6.45) is 5.29. The maximum atomic E-state index is 13.3. The number of hydrogen-bond donors (Lipinski definition) is 2. The fraction of sp³-hybridized carbons (Fsp3) is 0.188.